The Balaban J connectivity index is 2.08. The molecule has 2 heterocycles. The molecule has 0 bridgehead atoms. The highest BCUT2D eigenvalue weighted by molar-refractivity contribution is 5.76. The maximum atomic E-state index is 12.5. The molecule has 138 valence electrons. The molecule has 3 rings (SSSR count). The average Bonchev–Trinajstić information content (AvgIpc) is 3.03. The van der Waals surface area contributed by atoms with E-state index in [0.29, 0.717) is 17.0 Å². The molecule has 1 aromatic carbocycles. The van der Waals surface area contributed by atoms with Gasteiger partial charge in [-0.25, -0.2) is 9.67 Å². The lowest BCUT2D eigenvalue weighted by Gasteiger charge is -2.13. The molecule has 1 unspecified atom stereocenters. The van der Waals surface area contributed by atoms with E-state index in [-0.39, 0.29) is 5.56 Å². The van der Waals surface area contributed by atoms with Crippen molar-refractivity contribution in [3.05, 3.63) is 51.7 Å². The number of benzene rings is 1. The van der Waals surface area contributed by atoms with Gasteiger partial charge in [0.05, 0.1) is 11.9 Å². The summed E-state index contributed by atoms with van der Waals surface area (Å²) < 4.78 is 1.83. The molecule has 0 aliphatic heterocycles. The summed E-state index contributed by atoms with van der Waals surface area (Å²) in [6.45, 7) is 8.62. The number of rotatable bonds is 7. The first-order valence-corrected chi connectivity index (χ1v) is 9.60. The molecular weight excluding hydrogens is 324 g/mol. The van der Waals surface area contributed by atoms with Crippen LogP contribution in [-0.4, -0.2) is 19.7 Å². The van der Waals surface area contributed by atoms with E-state index in [1.807, 2.05) is 4.68 Å². The van der Waals surface area contributed by atoms with E-state index in [2.05, 4.69) is 56.0 Å². The van der Waals surface area contributed by atoms with Crippen molar-refractivity contribution < 1.29 is 0 Å². The van der Waals surface area contributed by atoms with Gasteiger partial charge in [-0.15, -0.1) is 0 Å². The zero-order chi connectivity index (χ0) is 18.7. The number of aryl methyl sites for hydroxylation is 2. The van der Waals surface area contributed by atoms with Gasteiger partial charge < -0.3 is 4.98 Å². The van der Waals surface area contributed by atoms with E-state index < -0.39 is 0 Å². The second-order valence-electron chi connectivity index (χ2n) is 7.19. The van der Waals surface area contributed by atoms with Crippen molar-refractivity contribution in [2.24, 2.45) is 5.92 Å². The van der Waals surface area contributed by atoms with Crippen molar-refractivity contribution in [2.75, 3.05) is 0 Å². The maximum absolute atomic E-state index is 12.5. The lowest BCUT2D eigenvalue weighted by Crippen LogP contribution is -2.15. The lowest BCUT2D eigenvalue weighted by molar-refractivity contribution is 0.492. The highest BCUT2D eigenvalue weighted by Gasteiger charge is 2.16. The van der Waals surface area contributed by atoms with Gasteiger partial charge in [-0.05, 0) is 30.4 Å². The lowest BCUT2D eigenvalue weighted by atomic mass is 10.0. The third-order valence-corrected chi connectivity index (χ3v) is 4.99. The van der Waals surface area contributed by atoms with Crippen LogP contribution in [0.1, 0.15) is 57.0 Å². The second kappa shape index (κ2) is 7.85. The molecule has 0 radical (unpaired) electrons. The number of aromatic nitrogens is 4. The molecule has 0 aliphatic carbocycles. The summed E-state index contributed by atoms with van der Waals surface area (Å²) in [7, 11) is 0. The Hall–Kier alpha value is -2.43. The van der Waals surface area contributed by atoms with Crippen molar-refractivity contribution in [1.29, 1.82) is 0 Å². The van der Waals surface area contributed by atoms with Gasteiger partial charge in [0, 0.05) is 6.42 Å². The molecule has 5 heteroatoms. The summed E-state index contributed by atoms with van der Waals surface area (Å²) in [6, 6.07) is 6.24. The number of unbranched alkanes of at least 4 members (excludes halogenated alkanes) is 1. The molecule has 2 aromatic heterocycles. The minimum atomic E-state index is -0.106. The Morgan fingerprint density at radius 1 is 1.27 bits per heavy atom. The second-order valence-corrected chi connectivity index (χ2v) is 7.19. The van der Waals surface area contributed by atoms with Crippen LogP contribution in [0, 0.1) is 12.8 Å². The van der Waals surface area contributed by atoms with Crippen molar-refractivity contribution in [3.63, 3.8) is 0 Å². The monoisotopic (exact) mass is 352 g/mol. The third-order valence-electron chi connectivity index (χ3n) is 4.99. The molecule has 0 spiro atoms. The molecule has 0 saturated carbocycles. The van der Waals surface area contributed by atoms with Gasteiger partial charge in [0.1, 0.15) is 11.2 Å². The van der Waals surface area contributed by atoms with Crippen LogP contribution in [0.4, 0.5) is 0 Å². The molecule has 26 heavy (non-hydrogen) atoms. The third kappa shape index (κ3) is 3.57. The van der Waals surface area contributed by atoms with E-state index in [1.165, 1.54) is 18.4 Å². The van der Waals surface area contributed by atoms with Gasteiger partial charge >= 0.3 is 0 Å². The standard InChI is InChI=1S/C21H28N4O/c1-5-7-9-14(3)12-18-23-20-17(21(26)24-18)13-22-25(20)19-15(4)10-8-11-16(19)6-2/h8,10-11,13-14H,5-7,9,12H2,1-4H3,(H,23,24,26). The van der Waals surface area contributed by atoms with Gasteiger partial charge in [0.2, 0.25) is 0 Å². The van der Waals surface area contributed by atoms with Gasteiger partial charge in [0.25, 0.3) is 5.56 Å². The predicted molar refractivity (Wildman–Crippen MR) is 106 cm³/mol. The number of nitrogens with one attached hydrogen (secondary N) is 1. The number of H-pyrrole nitrogens is 1. The minimum Gasteiger partial charge on any atom is -0.310 e. The van der Waals surface area contributed by atoms with Crippen LogP contribution in [0.15, 0.2) is 29.2 Å². The first-order chi connectivity index (χ1) is 12.5. The topological polar surface area (TPSA) is 63.6 Å². The van der Waals surface area contributed by atoms with Crippen molar-refractivity contribution in [3.8, 4) is 5.69 Å². The first kappa shape index (κ1) is 18.4. The van der Waals surface area contributed by atoms with Crippen LogP contribution in [0.3, 0.4) is 0 Å². The summed E-state index contributed by atoms with van der Waals surface area (Å²) in [5, 5.41) is 5.04. The van der Waals surface area contributed by atoms with Crippen LogP contribution < -0.4 is 5.56 Å². The average molecular weight is 352 g/mol. The molecule has 0 amide bonds. The zero-order valence-electron chi connectivity index (χ0n) is 16.2. The fraction of sp³-hybridized carbons (Fsp3) is 0.476. The van der Waals surface area contributed by atoms with Crippen LogP contribution in [-0.2, 0) is 12.8 Å². The van der Waals surface area contributed by atoms with Gasteiger partial charge in [-0.3, -0.25) is 4.79 Å². The number of hydrogen-bond acceptors (Lipinski definition) is 3. The SMILES string of the molecule is CCCCC(C)Cc1nc2c(cnn2-c2c(C)cccc2CC)c(=O)[nH]1. The van der Waals surface area contributed by atoms with Crippen LogP contribution in [0.5, 0.6) is 0 Å². The highest BCUT2D eigenvalue weighted by Crippen LogP contribution is 2.23. The Morgan fingerprint density at radius 2 is 2.08 bits per heavy atom. The molecule has 0 aliphatic rings. The molecule has 1 N–H and O–H groups in total. The van der Waals surface area contributed by atoms with E-state index in [9.17, 15) is 4.79 Å². The summed E-state index contributed by atoms with van der Waals surface area (Å²) in [5.74, 6) is 1.25. The highest BCUT2D eigenvalue weighted by atomic mass is 16.1. The largest absolute Gasteiger partial charge is 0.310 e. The van der Waals surface area contributed by atoms with E-state index >= 15 is 0 Å². The Morgan fingerprint density at radius 3 is 2.81 bits per heavy atom. The smallest absolute Gasteiger partial charge is 0.262 e. The van der Waals surface area contributed by atoms with Crippen molar-refractivity contribution >= 4 is 11.0 Å². The van der Waals surface area contributed by atoms with Crippen molar-refractivity contribution in [1.82, 2.24) is 19.7 Å². The molecule has 5 nitrogen and oxygen atoms in total. The van der Waals surface area contributed by atoms with Crippen LogP contribution in [0.2, 0.25) is 0 Å². The van der Waals surface area contributed by atoms with Crippen molar-refractivity contribution in [2.45, 2.75) is 59.8 Å². The number of aromatic amines is 1. The summed E-state index contributed by atoms with van der Waals surface area (Å²) in [4.78, 5) is 20.3. The predicted octanol–water partition coefficient (Wildman–Crippen LogP) is 4.35. The quantitative estimate of drug-likeness (QED) is 0.687. The van der Waals surface area contributed by atoms with E-state index in [1.54, 1.807) is 6.20 Å². The molecule has 0 fully saturated rings. The van der Waals surface area contributed by atoms with Crippen LogP contribution >= 0.6 is 0 Å². The first-order valence-electron chi connectivity index (χ1n) is 9.60. The fourth-order valence-electron chi connectivity index (χ4n) is 3.52. The zero-order valence-corrected chi connectivity index (χ0v) is 16.2. The normalized spacial score (nSPS) is 12.6. The Kier molecular flexibility index (Phi) is 5.55. The summed E-state index contributed by atoms with van der Waals surface area (Å²) >= 11 is 0. The fourth-order valence-corrected chi connectivity index (χ4v) is 3.52. The Labute approximate surface area is 154 Å². The van der Waals surface area contributed by atoms with Crippen LogP contribution in [0.25, 0.3) is 16.7 Å². The van der Waals surface area contributed by atoms with Gasteiger partial charge in [-0.1, -0.05) is 58.2 Å². The van der Waals surface area contributed by atoms with E-state index in [4.69, 9.17) is 4.98 Å². The molecular formula is C21H28N4O. The van der Waals surface area contributed by atoms with Gasteiger partial charge in [-0.2, -0.15) is 5.10 Å². The molecule has 1 atom stereocenters. The number of para-hydroxylation sites is 1. The van der Waals surface area contributed by atoms with Gasteiger partial charge in [0.15, 0.2) is 5.65 Å². The molecule has 0 saturated heterocycles. The number of nitrogens with zero attached hydrogens (tertiary/aromatic N) is 3. The number of hydrogen-bond donors (Lipinski definition) is 1. The molecule has 3 aromatic rings. The van der Waals surface area contributed by atoms with E-state index in [0.717, 1.165) is 36.3 Å². The Bertz CT molecular complexity index is 954. The number of fused-ring (bicyclic) bond motifs is 1. The summed E-state index contributed by atoms with van der Waals surface area (Å²) in [5.41, 5.74) is 3.92. The summed E-state index contributed by atoms with van der Waals surface area (Å²) in [6.07, 6.45) is 6.85. The minimum absolute atomic E-state index is 0.106. The maximum Gasteiger partial charge on any atom is 0.262 e.